The van der Waals surface area contributed by atoms with Crippen molar-refractivity contribution in [2.75, 3.05) is 6.54 Å². The van der Waals surface area contributed by atoms with Crippen molar-refractivity contribution in [3.8, 4) is 11.3 Å². The molecule has 1 aromatic heterocycles. The third kappa shape index (κ3) is 3.19. The summed E-state index contributed by atoms with van der Waals surface area (Å²) >= 11 is 0. The van der Waals surface area contributed by atoms with Crippen LogP contribution in [0.4, 0.5) is 4.39 Å². The highest BCUT2D eigenvalue weighted by Crippen LogP contribution is 2.21. The van der Waals surface area contributed by atoms with Gasteiger partial charge < -0.3 is 11.1 Å². The van der Waals surface area contributed by atoms with E-state index in [0.717, 1.165) is 0 Å². The molecule has 1 aromatic carbocycles. The molecule has 0 atom stereocenters. The van der Waals surface area contributed by atoms with Crippen molar-refractivity contribution in [1.29, 1.82) is 0 Å². The predicted molar refractivity (Wildman–Crippen MR) is 70.1 cm³/mol. The van der Waals surface area contributed by atoms with E-state index in [0.29, 0.717) is 16.8 Å². The highest BCUT2D eigenvalue weighted by Gasteiger charge is 2.15. The van der Waals surface area contributed by atoms with E-state index >= 15 is 0 Å². The van der Waals surface area contributed by atoms with Crippen LogP contribution in [-0.4, -0.2) is 28.6 Å². The Morgan fingerprint density at radius 3 is 2.65 bits per heavy atom. The lowest BCUT2D eigenvalue weighted by atomic mass is 10.1. The van der Waals surface area contributed by atoms with Crippen LogP contribution in [0.1, 0.15) is 16.8 Å². The van der Waals surface area contributed by atoms with Crippen LogP contribution in [0.5, 0.6) is 0 Å². The molecule has 4 N–H and O–H groups in total. The molecule has 2 aromatic rings. The summed E-state index contributed by atoms with van der Waals surface area (Å²) in [7, 11) is 0. The molecule has 2 amide bonds. The van der Waals surface area contributed by atoms with E-state index in [-0.39, 0.29) is 24.7 Å². The molecule has 0 bridgehead atoms. The standard InChI is InChI=1S/C13H13FN4O2/c14-9-3-1-8(2-4-9)12-10(7-17-18-12)13(20)16-6-5-11(15)19/h1-4,7H,5-6H2,(H2,15,19)(H,16,20)(H,17,18). The summed E-state index contributed by atoms with van der Waals surface area (Å²) in [5, 5.41) is 9.07. The van der Waals surface area contributed by atoms with Gasteiger partial charge in [-0.15, -0.1) is 0 Å². The molecule has 0 spiro atoms. The summed E-state index contributed by atoms with van der Waals surface area (Å²) in [6.07, 6.45) is 1.44. The van der Waals surface area contributed by atoms with Crippen molar-refractivity contribution in [2.24, 2.45) is 5.73 Å². The molecular formula is C13H13FN4O2. The maximum atomic E-state index is 12.9. The minimum atomic E-state index is -0.490. The van der Waals surface area contributed by atoms with Gasteiger partial charge in [0, 0.05) is 18.5 Å². The first-order valence-corrected chi connectivity index (χ1v) is 5.93. The van der Waals surface area contributed by atoms with Gasteiger partial charge in [0.2, 0.25) is 5.91 Å². The van der Waals surface area contributed by atoms with Gasteiger partial charge in [0.15, 0.2) is 0 Å². The smallest absolute Gasteiger partial charge is 0.255 e. The number of hydrogen-bond donors (Lipinski definition) is 3. The first kappa shape index (κ1) is 13.7. The van der Waals surface area contributed by atoms with Crippen LogP contribution >= 0.6 is 0 Å². The molecule has 1 heterocycles. The third-order valence-electron chi connectivity index (χ3n) is 2.67. The Balaban J connectivity index is 2.14. The minimum absolute atomic E-state index is 0.0650. The molecule has 0 radical (unpaired) electrons. The summed E-state index contributed by atoms with van der Waals surface area (Å²) < 4.78 is 12.9. The highest BCUT2D eigenvalue weighted by atomic mass is 19.1. The lowest BCUT2D eigenvalue weighted by Gasteiger charge is -2.05. The van der Waals surface area contributed by atoms with Gasteiger partial charge in [-0.1, -0.05) is 0 Å². The Morgan fingerprint density at radius 1 is 1.30 bits per heavy atom. The number of nitrogens with two attached hydrogens (primary N) is 1. The number of amides is 2. The number of aromatic nitrogens is 2. The molecule has 0 fully saturated rings. The Hall–Kier alpha value is -2.70. The topological polar surface area (TPSA) is 101 Å². The molecule has 7 heteroatoms. The summed E-state index contributed by atoms with van der Waals surface area (Å²) in [4.78, 5) is 22.6. The number of halogens is 1. The number of carbonyl (C=O) groups is 2. The summed E-state index contributed by atoms with van der Waals surface area (Å²) in [6.45, 7) is 0.155. The maximum Gasteiger partial charge on any atom is 0.255 e. The van der Waals surface area contributed by atoms with Crippen molar-refractivity contribution in [1.82, 2.24) is 15.5 Å². The van der Waals surface area contributed by atoms with Gasteiger partial charge in [-0.05, 0) is 24.3 Å². The highest BCUT2D eigenvalue weighted by molar-refractivity contribution is 5.99. The zero-order valence-electron chi connectivity index (χ0n) is 10.5. The normalized spacial score (nSPS) is 10.2. The number of hydrogen-bond acceptors (Lipinski definition) is 3. The average Bonchev–Trinajstić information content (AvgIpc) is 2.88. The van der Waals surface area contributed by atoms with Crippen LogP contribution in [0.25, 0.3) is 11.3 Å². The quantitative estimate of drug-likeness (QED) is 0.753. The van der Waals surface area contributed by atoms with Crippen molar-refractivity contribution < 1.29 is 14.0 Å². The fourth-order valence-corrected chi connectivity index (χ4v) is 1.69. The Morgan fingerprint density at radius 2 is 2.00 bits per heavy atom. The molecule has 0 aliphatic rings. The number of aromatic amines is 1. The second-order valence-electron chi connectivity index (χ2n) is 4.14. The van der Waals surface area contributed by atoms with Crippen LogP contribution in [0.3, 0.4) is 0 Å². The van der Waals surface area contributed by atoms with E-state index in [9.17, 15) is 14.0 Å². The minimum Gasteiger partial charge on any atom is -0.370 e. The summed E-state index contributed by atoms with van der Waals surface area (Å²) in [6, 6.07) is 5.68. The maximum absolute atomic E-state index is 12.9. The fraction of sp³-hybridized carbons (Fsp3) is 0.154. The number of H-pyrrole nitrogens is 1. The van der Waals surface area contributed by atoms with Crippen molar-refractivity contribution in [3.05, 3.63) is 41.8 Å². The van der Waals surface area contributed by atoms with Gasteiger partial charge in [0.05, 0.1) is 17.5 Å². The monoisotopic (exact) mass is 276 g/mol. The van der Waals surface area contributed by atoms with E-state index < -0.39 is 5.91 Å². The van der Waals surface area contributed by atoms with Crippen molar-refractivity contribution >= 4 is 11.8 Å². The van der Waals surface area contributed by atoms with Crippen LogP contribution in [-0.2, 0) is 4.79 Å². The molecule has 6 nitrogen and oxygen atoms in total. The van der Waals surface area contributed by atoms with Gasteiger partial charge in [-0.25, -0.2) is 4.39 Å². The molecule has 0 aliphatic carbocycles. The lowest BCUT2D eigenvalue weighted by Crippen LogP contribution is -2.27. The number of nitrogens with one attached hydrogen (secondary N) is 2. The van der Waals surface area contributed by atoms with Gasteiger partial charge >= 0.3 is 0 Å². The van der Waals surface area contributed by atoms with Crippen LogP contribution < -0.4 is 11.1 Å². The molecule has 0 unspecified atom stereocenters. The van der Waals surface area contributed by atoms with Crippen LogP contribution in [0.15, 0.2) is 30.5 Å². The Bertz CT molecular complexity index is 622. The lowest BCUT2D eigenvalue weighted by molar-refractivity contribution is -0.117. The number of rotatable bonds is 5. The number of nitrogens with zero attached hydrogens (tertiary/aromatic N) is 1. The number of primary amides is 1. The van der Waals surface area contributed by atoms with E-state index in [1.165, 1.54) is 18.3 Å². The van der Waals surface area contributed by atoms with E-state index in [4.69, 9.17) is 5.73 Å². The zero-order chi connectivity index (χ0) is 14.5. The predicted octanol–water partition coefficient (Wildman–Crippen LogP) is 0.821. The van der Waals surface area contributed by atoms with E-state index in [1.807, 2.05) is 0 Å². The summed E-state index contributed by atoms with van der Waals surface area (Å²) in [5.74, 6) is -1.23. The average molecular weight is 276 g/mol. The molecule has 20 heavy (non-hydrogen) atoms. The van der Waals surface area contributed by atoms with Crippen LogP contribution in [0.2, 0.25) is 0 Å². The Kier molecular flexibility index (Phi) is 4.09. The molecule has 0 aliphatic heterocycles. The SMILES string of the molecule is NC(=O)CCNC(=O)c1cn[nH]c1-c1ccc(F)cc1. The van der Waals surface area contributed by atoms with Gasteiger partial charge in [-0.2, -0.15) is 5.10 Å². The van der Waals surface area contributed by atoms with Crippen LogP contribution in [0, 0.1) is 5.82 Å². The molecule has 104 valence electrons. The first-order chi connectivity index (χ1) is 9.58. The van der Waals surface area contributed by atoms with Gasteiger partial charge in [0.1, 0.15) is 5.82 Å². The number of carbonyl (C=O) groups excluding carboxylic acids is 2. The zero-order valence-corrected chi connectivity index (χ0v) is 10.5. The molecule has 0 saturated carbocycles. The first-order valence-electron chi connectivity index (χ1n) is 5.93. The molecule has 0 saturated heterocycles. The van der Waals surface area contributed by atoms with Gasteiger partial charge in [0.25, 0.3) is 5.91 Å². The van der Waals surface area contributed by atoms with Crippen molar-refractivity contribution in [2.45, 2.75) is 6.42 Å². The second kappa shape index (κ2) is 5.96. The van der Waals surface area contributed by atoms with E-state index in [2.05, 4.69) is 15.5 Å². The Labute approximate surface area is 114 Å². The molecular weight excluding hydrogens is 263 g/mol. The second-order valence-corrected chi connectivity index (χ2v) is 4.14. The summed E-state index contributed by atoms with van der Waals surface area (Å²) in [5.41, 5.74) is 6.44. The molecule has 2 rings (SSSR count). The van der Waals surface area contributed by atoms with E-state index in [1.54, 1.807) is 12.1 Å². The van der Waals surface area contributed by atoms with Gasteiger partial charge in [-0.3, -0.25) is 14.7 Å². The van der Waals surface area contributed by atoms with Crippen molar-refractivity contribution in [3.63, 3.8) is 0 Å². The third-order valence-corrected chi connectivity index (χ3v) is 2.67. The largest absolute Gasteiger partial charge is 0.370 e. The number of benzene rings is 1. The fourth-order valence-electron chi connectivity index (χ4n) is 1.69.